The molecule has 1 fully saturated rings. The molecule has 0 unspecified atom stereocenters. The highest BCUT2D eigenvalue weighted by Gasteiger charge is 2.29. The van der Waals surface area contributed by atoms with Crippen LogP contribution in [0.4, 0.5) is 0 Å². The van der Waals surface area contributed by atoms with Crippen LogP contribution in [0.2, 0.25) is 0 Å². The molecule has 0 saturated carbocycles. The topological polar surface area (TPSA) is 86.4 Å². The fraction of sp³-hybridized carbons (Fsp3) is 0.417. The minimum Gasteiger partial charge on any atom is -0.497 e. The second-order valence-corrected chi connectivity index (χ2v) is 8.26. The second-order valence-electron chi connectivity index (χ2n) is 8.26. The number of benzene rings is 1. The van der Waals surface area contributed by atoms with Gasteiger partial charge in [0.2, 0.25) is 5.91 Å². The van der Waals surface area contributed by atoms with Gasteiger partial charge in [0.05, 0.1) is 24.2 Å². The van der Waals surface area contributed by atoms with E-state index in [1.807, 2.05) is 35.2 Å². The zero-order chi connectivity index (χ0) is 22.8. The lowest BCUT2D eigenvalue weighted by Gasteiger charge is -2.35. The van der Waals surface area contributed by atoms with Crippen molar-refractivity contribution >= 4 is 16.9 Å². The Morgan fingerprint density at radius 1 is 1.06 bits per heavy atom. The molecule has 1 aliphatic heterocycles. The van der Waals surface area contributed by atoms with E-state index in [0.717, 1.165) is 40.8 Å². The highest BCUT2D eigenvalue weighted by Crippen LogP contribution is 2.31. The average Bonchev–Trinajstić information content (AvgIpc) is 2.84. The van der Waals surface area contributed by atoms with Gasteiger partial charge in [0, 0.05) is 27.1 Å². The molecule has 1 amide bonds. The monoisotopic (exact) mass is 436 g/mol. The normalized spacial score (nSPS) is 16.3. The second kappa shape index (κ2) is 8.98. The van der Waals surface area contributed by atoms with Crippen LogP contribution >= 0.6 is 0 Å². The van der Waals surface area contributed by atoms with E-state index in [9.17, 15) is 14.4 Å². The van der Waals surface area contributed by atoms with Crippen LogP contribution in [-0.2, 0) is 25.3 Å². The molecule has 3 aromatic rings. The SMILES string of the molecule is COc1ccc(CCC(=O)N2CCCC[C@H]2c2ccc3c(=O)n(C)c(=O)n(C)c3n2)cc1. The fourth-order valence-corrected chi connectivity index (χ4v) is 4.38. The van der Waals surface area contributed by atoms with E-state index in [1.165, 1.54) is 11.6 Å². The summed E-state index contributed by atoms with van der Waals surface area (Å²) in [5, 5.41) is 0.395. The third-order valence-corrected chi connectivity index (χ3v) is 6.27. The Morgan fingerprint density at radius 3 is 2.53 bits per heavy atom. The third kappa shape index (κ3) is 4.04. The minimum atomic E-state index is -0.414. The number of likely N-dealkylation sites (tertiary alicyclic amines) is 1. The summed E-state index contributed by atoms with van der Waals surface area (Å²) in [6, 6.07) is 11.1. The summed E-state index contributed by atoms with van der Waals surface area (Å²) in [5.74, 6) is 0.882. The lowest BCUT2D eigenvalue weighted by atomic mass is 9.97. The number of aromatic nitrogens is 3. The highest BCUT2D eigenvalue weighted by atomic mass is 16.5. The van der Waals surface area contributed by atoms with Crippen molar-refractivity contribution in [1.82, 2.24) is 19.0 Å². The standard InChI is InChI=1S/C24H28N4O4/c1-26-22-18(23(30)27(2)24(26)31)12-13-19(25-22)20-6-4-5-15-28(20)21(29)14-9-16-7-10-17(32-3)11-8-16/h7-8,10-13,20H,4-6,9,14-15H2,1-3H3/t20-/m0/s1. The Labute approximate surface area is 186 Å². The van der Waals surface area contributed by atoms with E-state index in [0.29, 0.717) is 30.4 Å². The predicted molar refractivity (Wildman–Crippen MR) is 122 cm³/mol. The first-order valence-electron chi connectivity index (χ1n) is 10.9. The lowest BCUT2D eigenvalue weighted by molar-refractivity contribution is -0.135. The van der Waals surface area contributed by atoms with Gasteiger partial charge in [-0.1, -0.05) is 12.1 Å². The molecule has 0 aliphatic carbocycles. The smallest absolute Gasteiger partial charge is 0.332 e. The summed E-state index contributed by atoms with van der Waals surface area (Å²) in [7, 11) is 4.70. The number of ether oxygens (including phenoxy) is 1. The van der Waals surface area contributed by atoms with Crippen LogP contribution in [-0.4, -0.2) is 38.6 Å². The van der Waals surface area contributed by atoms with Crippen molar-refractivity contribution in [2.24, 2.45) is 14.1 Å². The van der Waals surface area contributed by atoms with Gasteiger partial charge in [-0.3, -0.25) is 18.7 Å². The van der Waals surface area contributed by atoms with Crippen LogP contribution in [0.3, 0.4) is 0 Å². The first kappa shape index (κ1) is 21.8. The van der Waals surface area contributed by atoms with Gasteiger partial charge in [-0.25, -0.2) is 9.78 Å². The van der Waals surface area contributed by atoms with Gasteiger partial charge in [0.25, 0.3) is 5.56 Å². The van der Waals surface area contributed by atoms with Crippen molar-refractivity contribution < 1.29 is 9.53 Å². The number of nitrogens with zero attached hydrogens (tertiary/aromatic N) is 4. The summed E-state index contributed by atoms with van der Waals surface area (Å²) in [5.41, 5.74) is 1.38. The molecule has 8 heteroatoms. The molecule has 2 aromatic heterocycles. The number of methoxy groups -OCH3 is 1. The van der Waals surface area contributed by atoms with Crippen molar-refractivity contribution in [3.05, 3.63) is 68.5 Å². The molecule has 1 saturated heterocycles. The van der Waals surface area contributed by atoms with Crippen LogP contribution < -0.4 is 16.0 Å². The first-order valence-corrected chi connectivity index (χ1v) is 10.9. The molecule has 1 aliphatic rings. The number of pyridine rings is 1. The van der Waals surface area contributed by atoms with Gasteiger partial charge >= 0.3 is 5.69 Å². The Hall–Kier alpha value is -3.42. The van der Waals surface area contributed by atoms with Crippen LogP contribution in [0.15, 0.2) is 46.0 Å². The largest absolute Gasteiger partial charge is 0.497 e. The zero-order valence-corrected chi connectivity index (χ0v) is 18.7. The maximum atomic E-state index is 13.1. The molecule has 1 aromatic carbocycles. The molecule has 0 bridgehead atoms. The third-order valence-electron chi connectivity index (χ3n) is 6.27. The molecule has 8 nitrogen and oxygen atoms in total. The minimum absolute atomic E-state index is 0.0882. The van der Waals surface area contributed by atoms with Gasteiger partial charge in [0.1, 0.15) is 11.4 Å². The van der Waals surface area contributed by atoms with E-state index in [2.05, 4.69) is 4.98 Å². The van der Waals surface area contributed by atoms with Crippen molar-refractivity contribution in [2.75, 3.05) is 13.7 Å². The van der Waals surface area contributed by atoms with E-state index in [-0.39, 0.29) is 17.5 Å². The quantitative estimate of drug-likeness (QED) is 0.613. The molecule has 0 N–H and O–H groups in total. The molecule has 0 spiro atoms. The van der Waals surface area contributed by atoms with Crippen molar-refractivity contribution in [1.29, 1.82) is 0 Å². The number of hydrogen-bond donors (Lipinski definition) is 0. The number of fused-ring (bicyclic) bond motifs is 1. The van der Waals surface area contributed by atoms with Crippen molar-refractivity contribution in [3.8, 4) is 5.75 Å². The molecular formula is C24H28N4O4. The van der Waals surface area contributed by atoms with E-state index >= 15 is 0 Å². The Balaban J connectivity index is 1.58. The molecular weight excluding hydrogens is 408 g/mol. The zero-order valence-electron chi connectivity index (χ0n) is 18.7. The molecule has 32 heavy (non-hydrogen) atoms. The summed E-state index contributed by atoms with van der Waals surface area (Å²) in [6.07, 6.45) is 3.84. The molecule has 0 radical (unpaired) electrons. The van der Waals surface area contributed by atoms with Gasteiger partial charge in [0.15, 0.2) is 0 Å². The summed E-state index contributed by atoms with van der Waals surface area (Å²) in [4.78, 5) is 44.5. The summed E-state index contributed by atoms with van der Waals surface area (Å²) in [6.45, 7) is 0.682. The number of aryl methyl sites for hydroxylation is 2. The van der Waals surface area contributed by atoms with Gasteiger partial charge in [-0.15, -0.1) is 0 Å². The fourth-order valence-electron chi connectivity index (χ4n) is 4.38. The molecule has 4 rings (SSSR count). The lowest BCUT2D eigenvalue weighted by Crippen LogP contribution is -2.40. The van der Waals surface area contributed by atoms with Gasteiger partial charge in [-0.05, 0) is 55.5 Å². The number of piperidine rings is 1. The van der Waals surface area contributed by atoms with Gasteiger partial charge < -0.3 is 9.64 Å². The van der Waals surface area contributed by atoms with E-state index in [1.54, 1.807) is 20.2 Å². The number of rotatable bonds is 5. The number of amides is 1. The molecule has 168 valence electrons. The van der Waals surface area contributed by atoms with Crippen LogP contribution in [0, 0.1) is 0 Å². The average molecular weight is 437 g/mol. The summed E-state index contributed by atoms with van der Waals surface area (Å²) >= 11 is 0. The maximum absolute atomic E-state index is 13.1. The van der Waals surface area contributed by atoms with Crippen molar-refractivity contribution in [2.45, 2.75) is 38.1 Å². The Bertz CT molecular complexity index is 1260. The van der Waals surface area contributed by atoms with Crippen LogP contribution in [0.5, 0.6) is 5.75 Å². The Kier molecular flexibility index (Phi) is 6.12. The maximum Gasteiger partial charge on any atom is 0.332 e. The van der Waals surface area contributed by atoms with E-state index in [4.69, 9.17) is 4.74 Å². The first-order chi connectivity index (χ1) is 15.4. The van der Waals surface area contributed by atoms with Crippen LogP contribution in [0.25, 0.3) is 11.0 Å². The molecule has 3 heterocycles. The highest BCUT2D eigenvalue weighted by molar-refractivity contribution is 5.78. The number of carbonyl (C=O) groups is 1. The Morgan fingerprint density at radius 2 is 1.81 bits per heavy atom. The number of hydrogen-bond acceptors (Lipinski definition) is 5. The predicted octanol–water partition coefficient (Wildman–Crippen LogP) is 2.33. The summed E-state index contributed by atoms with van der Waals surface area (Å²) < 4.78 is 7.66. The van der Waals surface area contributed by atoms with E-state index < -0.39 is 5.69 Å². The van der Waals surface area contributed by atoms with Crippen LogP contribution in [0.1, 0.15) is 43.0 Å². The number of carbonyl (C=O) groups excluding carboxylic acids is 1. The van der Waals surface area contributed by atoms with Gasteiger partial charge in [-0.2, -0.15) is 0 Å². The molecule has 1 atom stereocenters. The van der Waals surface area contributed by atoms with Crippen molar-refractivity contribution in [3.63, 3.8) is 0 Å².